The van der Waals surface area contributed by atoms with E-state index in [1.165, 1.54) is 6.07 Å². The molecule has 0 saturated carbocycles. The van der Waals surface area contributed by atoms with Crippen LogP contribution in [0.2, 0.25) is 0 Å². The number of ether oxygens (including phenoxy) is 1. The van der Waals surface area contributed by atoms with E-state index in [1.54, 1.807) is 6.07 Å². The zero-order valence-corrected chi connectivity index (χ0v) is 10.6. The minimum atomic E-state index is -0.831. The van der Waals surface area contributed by atoms with Crippen molar-refractivity contribution in [1.29, 1.82) is 0 Å². The van der Waals surface area contributed by atoms with Crippen LogP contribution in [0, 0.1) is 11.6 Å². The van der Waals surface area contributed by atoms with Crippen molar-refractivity contribution >= 4 is 5.69 Å². The highest BCUT2D eigenvalue weighted by atomic mass is 19.2. The Balaban J connectivity index is 2.01. The van der Waals surface area contributed by atoms with Crippen molar-refractivity contribution in [2.75, 3.05) is 11.9 Å². The SMILES string of the molecule is CCOc1cccc(NCc2ccc(F)c(F)c2)c1. The van der Waals surface area contributed by atoms with Gasteiger partial charge in [-0.25, -0.2) is 8.78 Å². The van der Waals surface area contributed by atoms with Crippen LogP contribution < -0.4 is 10.1 Å². The second-order valence-corrected chi connectivity index (χ2v) is 4.06. The van der Waals surface area contributed by atoms with Crippen molar-refractivity contribution in [2.45, 2.75) is 13.5 Å². The summed E-state index contributed by atoms with van der Waals surface area (Å²) in [5, 5.41) is 3.14. The molecular weight excluding hydrogens is 248 g/mol. The molecule has 0 aromatic heterocycles. The molecule has 0 heterocycles. The molecule has 0 atom stereocenters. The highest BCUT2D eigenvalue weighted by molar-refractivity contribution is 5.48. The maximum atomic E-state index is 13.0. The van der Waals surface area contributed by atoms with E-state index >= 15 is 0 Å². The molecule has 0 amide bonds. The van der Waals surface area contributed by atoms with E-state index in [-0.39, 0.29) is 0 Å². The third kappa shape index (κ3) is 3.68. The molecule has 0 aliphatic rings. The van der Waals surface area contributed by atoms with Gasteiger partial charge in [0.25, 0.3) is 0 Å². The lowest BCUT2D eigenvalue weighted by atomic mass is 10.2. The second-order valence-electron chi connectivity index (χ2n) is 4.06. The van der Waals surface area contributed by atoms with Crippen LogP contribution in [0.5, 0.6) is 5.75 Å². The molecule has 2 aromatic rings. The van der Waals surface area contributed by atoms with Gasteiger partial charge in [0.2, 0.25) is 0 Å². The Morgan fingerprint density at radius 1 is 1.05 bits per heavy atom. The van der Waals surface area contributed by atoms with Gasteiger partial charge in [-0.1, -0.05) is 12.1 Å². The third-order valence-electron chi connectivity index (χ3n) is 2.63. The van der Waals surface area contributed by atoms with E-state index in [0.717, 1.165) is 17.5 Å². The number of rotatable bonds is 5. The summed E-state index contributed by atoms with van der Waals surface area (Å²) < 4.78 is 31.2. The fraction of sp³-hybridized carbons (Fsp3) is 0.200. The van der Waals surface area contributed by atoms with E-state index in [2.05, 4.69) is 5.32 Å². The zero-order valence-electron chi connectivity index (χ0n) is 10.6. The van der Waals surface area contributed by atoms with Crippen LogP contribution in [0.4, 0.5) is 14.5 Å². The molecule has 100 valence electrons. The van der Waals surface area contributed by atoms with Crippen LogP contribution in [-0.2, 0) is 6.54 Å². The first kappa shape index (κ1) is 13.3. The van der Waals surface area contributed by atoms with Gasteiger partial charge in [-0.05, 0) is 36.8 Å². The lowest BCUT2D eigenvalue weighted by Gasteiger charge is -2.09. The van der Waals surface area contributed by atoms with Gasteiger partial charge >= 0.3 is 0 Å². The molecule has 1 N–H and O–H groups in total. The Morgan fingerprint density at radius 2 is 1.89 bits per heavy atom. The number of benzene rings is 2. The molecular formula is C15H15F2NO. The Bertz CT molecular complexity index is 558. The molecule has 2 aromatic carbocycles. The van der Waals surface area contributed by atoms with Crippen molar-refractivity contribution in [1.82, 2.24) is 0 Å². The van der Waals surface area contributed by atoms with E-state index < -0.39 is 11.6 Å². The first-order chi connectivity index (χ1) is 9.19. The van der Waals surface area contributed by atoms with Gasteiger partial charge in [-0.2, -0.15) is 0 Å². The third-order valence-corrected chi connectivity index (χ3v) is 2.63. The first-order valence-electron chi connectivity index (χ1n) is 6.09. The van der Waals surface area contributed by atoms with Gasteiger partial charge in [0.15, 0.2) is 11.6 Å². The van der Waals surface area contributed by atoms with Crippen LogP contribution in [0.3, 0.4) is 0 Å². The Kier molecular flexibility index (Phi) is 4.34. The Hall–Kier alpha value is -2.10. The summed E-state index contributed by atoms with van der Waals surface area (Å²) in [6.07, 6.45) is 0. The monoisotopic (exact) mass is 263 g/mol. The largest absolute Gasteiger partial charge is 0.494 e. The van der Waals surface area contributed by atoms with E-state index in [0.29, 0.717) is 18.7 Å². The quantitative estimate of drug-likeness (QED) is 0.881. The highest BCUT2D eigenvalue weighted by Gasteiger charge is 2.02. The number of hydrogen-bond donors (Lipinski definition) is 1. The summed E-state index contributed by atoms with van der Waals surface area (Å²) in [7, 11) is 0. The molecule has 0 bridgehead atoms. The Morgan fingerprint density at radius 3 is 2.63 bits per heavy atom. The van der Waals surface area contributed by atoms with Gasteiger partial charge in [-0.3, -0.25) is 0 Å². The van der Waals surface area contributed by atoms with Crippen LogP contribution in [0.15, 0.2) is 42.5 Å². The predicted molar refractivity (Wildman–Crippen MR) is 71.3 cm³/mol. The molecule has 0 fully saturated rings. The summed E-state index contributed by atoms with van der Waals surface area (Å²) in [4.78, 5) is 0. The molecule has 0 radical (unpaired) electrons. The van der Waals surface area contributed by atoms with Gasteiger partial charge in [0.1, 0.15) is 5.75 Å². The lowest BCUT2D eigenvalue weighted by Crippen LogP contribution is -2.01. The average molecular weight is 263 g/mol. The zero-order chi connectivity index (χ0) is 13.7. The minimum absolute atomic E-state index is 0.423. The molecule has 4 heteroatoms. The lowest BCUT2D eigenvalue weighted by molar-refractivity contribution is 0.340. The van der Waals surface area contributed by atoms with Crippen LogP contribution in [0.1, 0.15) is 12.5 Å². The number of anilines is 1. The fourth-order valence-electron chi connectivity index (χ4n) is 1.72. The number of nitrogens with one attached hydrogen (secondary N) is 1. The van der Waals surface area contributed by atoms with Crippen LogP contribution in [-0.4, -0.2) is 6.61 Å². The van der Waals surface area contributed by atoms with Crippen molar-refractivity contribution in [2.24, 2.45) is 0 Å². The number of halogens is 2. The molecule has 0 aliphatic heterocycles. The predicted octanol–water partition coefficient (Wildman–Crippen LogP) is 3.98. The van der Waals surface area contributed by atoms with E-state index in [4.69, 9.17) is 4.74 Å². The van der Waals surface area contributed by atoms with Gasteiger partial charge in [0.05, 0.1) is 6.61 Å². The van der Waals surface area contributed by atoms with Crippen molar-refractivity contribution < 1.29 is 13.5 Å². The van der Waals surface area contributed by atoms with Gasteiger partial charge < -0.3 is 10.1 Å². The minimum Gasteiger partial charge on any atom is -0.494 e. The summed E-state index contributed by atoms with van der Waals surface area (Å²) in [5.74, 6) is -0.887. The molecule has 0 unspecified atom stereocenters. The summed E-state index contributed by atoms with van der Waals surface area (Å²) in [6, 6.07) is 11.4. The summed E-state index contributed by atoms with van der Waals surface area (Å²) in [5.41, 5.74) is 1.55. The summed E-state index contributed by atoms with van der Waals surface area (Å²) in [6.45, 7) is 2.95. The average Bonchev–Trinajstić information content (AvgIpc) is 2.41. The molecule has 2 nitrogen and oxygen atoms in total. The topological polar surface area (TPSA) is 21.3 Å². The standard InChI is InChI=1S/C15H15F2NO/c1-2-19-13-5-3-4-12(9-13)18-10-11-6-7-14(16)15(17)8-11/h3-9,18H,2,10H2,1H3. The van der Waals surface area contributed by atoms with E-state index in [9.17, 15) is 8.78 Å². The summed E-state index contributed by atoms with van der Waals surface area (Å²) >= 11 is 0. The van der Waals surface area contributed by atoms with Crippen LogP contribution in [0.25, 0.3) is 0 Å². The van der Waals surface area contributed by atoms with E-state index in [1.807, 2.05) is 31.2 Å². The fourth-order valence-corrected chi connectivity index (χ4v) is 1.72. The van der Waals surface area contributed by atoms with Crippen molar-refractivity contribution in [3.8, 4) is 5.75 Å². The molecule has 0 aliphatic carbocycles. The van der Waals surface area contributed by atoms with Crippen molar-refractivity contribution in [3.63, 3.8) is 0 Å². The first-order valence-corrected chi connectivity index (χ1v) is 6.09. The van der Waals surface area contributed by atoms with Gasteiger partial charge in [-0.15, -0.1) is 0 Å². The van der Waals surface area contributed by atoms with Gasteiger partial charge in [0, 0.05) is 18.3 Å². The second kappa shape index (κ2) is 6.18. The number of hydrogen-bond acceptors (Lipinski definition) is 2. The molecule has 19 heavy (non-hydrogen) atoms. The molecule has 0 saturated heterocycles. The maximum absolute atomic E-state index is 13.0. The normalized spacial score (nSPS) is 10.3. The highest BCUT2D eigenvalue weighted by Crippen LogP contribution is 2.18. The van der Waals surface area contributed by atoms with Crippen LogP contribution >= 0.6 is 0 Å². The smallest absolute Gasteiger partial charge is 0.159 e. The Labute approximate surface area is 111 Å². The van der Waals surface area contributed by atoms with Crippen molar-refractivity contribution in [3.05, 3.63) is 59.7 Å². The molecule has 0 spiro atoms. The molecule has 2 rings (SSSR count). The maximum Gasteiger partial charge on any atom is 0.159 e.